The summed E-state index contributed by atoms with van der Waals surface area (Å²) in [7, 11) is 1.60. The summed E-state index contributed by atoms with van der Waals surface area (Å²) < 4.78 is 10.8. The van der Waals surface area contributed by atoms with Crippen LogP contribution in [0.25, 0.3) is 0 Å². The minimum Gasteiger partial charge on any atom is -0.496 e. The van der Waals surface area contributed by atoms with Crippen LogP contribution in [0.3, 0.4) is 0 Å². The number of hydrogen-bond donors (Lipinski definition) is 2. The monoisotopic (exact) mass is 317 g/mol. The van der Waals surface area contributed by atoms with Gasteiger partial charge in [0.25, 0.3) is 0 Å². The number of carboxylic acid groups (broad SMARTS) is 1. The van der Waals surface area contributed by atoms with E-state index in [1.165, 1.54) is 0 Å². The maximum Gasteiger partial charge on any atom is 0.310 e. The number of carboxylic acids is 1. The number of carbonyl (C=O) groups is 2. The van der Waals surface area contributed by atoms with Crippen molar-refractivity contribution in [1.29, 1.82) is 0 Å². The number of aliphatic carboxylic acids is 1. The van der Waals surface area contributed by atoms with Gasteiger partial charge in [0.1, 0.15) is 11.7 Å². The molecule has 3 rings (SSSR count). The second kappa shape index (κ2) is 6.42. The molecule has 23 heavy (non-hydrogen) atoms. The molecular formula is C17H19NO5. The molecule has 1 amide bonds. The molecule has 2 aliphatic heterocycles. The molecule has 4 atom stereocenters. The third-order valence-electron chi connectivity index (χ3n) is 4.37. The molecule has 0 unspecified atom stereocenters. The van der Waals surface area contributed by atoms with Gasteiger partial charge in [0.15, 0.2) is 0 Å². The number of fused-ring (bicyclic) bond motifs is 2. The first-order valence-electron chi connectivity index (χ1n) is 7.58. The Hall–Kier alpha value is -2.34. The van der Waals surface area contributed by atoms with Gasteiger partial charge in [-0.1, -0.05) is 30.4 Å². The molecule has 1 aromatic carbocycles. The van der Waals surface area contributed by atoms with Crippen molar-refractivity contribution >= 4 is 11.9 Å². The minimum absolute atomic E-state index is 0.274. The molecule has 2 heterocycles. The van der Waals surface area contributed by atoms with Crippen LogP contribution in [0.4, 0.5) is 0 Å². The Labute approximate surface area is 134 Å². The predicted molar refractivity (Wildman–Crippen MR) is 82.1 cm³/mol. The van der Waals surface area contributed by atoms with E-state index in [-0.39, 0.29) is 5.91 Å². The highest BCUT2D eigenvalue weighted by molar-refractivity contribution is 5.87. The molecule has 2 N–H and O–H groups in total. The highest BCUT2D eigenvalue weighted by Crippen LogP contribution is 2.39. The van der Waals surface area contributed by atoms with E-state index in [1.807, 2.05) is 24.3 Å². The van der Waals surface area contributed by atoms with Crippen molar-refractivity contribution < 1.29 is 24.2 Å². The molecule has 0 radical (unpaired) electrons. The molecule has 6 heteroatoms. The van der Waals surface area contributed by atoms with Crippen molar-refractivity contribution in [2.75, 3.05) is 13.7 Å². The molecule has 0 spiro atoms. The SMILES string of the molecule is COc1ccccc1CCNC(=O)[C@@H]1[C@@H](C(=O)O)[C@@H]2C=C[C@H]1O2. The second-order valence-corrected chi connectivity index (χ2v) is 5.69. The lowest BCUT2D eigenvalue weighted by Crippen LogP contribution is -2.43. The molecule has 2 bridgehead atoms. The zero-order valence-corrected chi connectivity index (χ0v) is 12.8. The summed E-state index contributed by atoms with van der Waals surface area (Å²) in [6, 6.07) is 7.60. The van der Waals surface area contributed by atoms with Crippen molar-refractivity contribution in [3.05, 3.63) is 42.0 Å². The van der Waals surface area contributed by atoms with Crippen LogP contribution in [-0.2, 0) is 20.7 Å². The van der Waals surface area contributed by atoms with E-state index in [1.54, 1.807) is 19.3 Å². The number of para-hydroxylation sites is 1. The summed E-state index contributed by atoms with van der Waals surface area (Å²) in [6.45, 7) is 0.420. The maximum absolute atomic E-state index is 12.4. The summed E-state index contributed by atoms with van der Waals surface area (Å²) in [5, 5.41) is 12.1. The van der Waals surface area contributed by atoms with Crippen molar-refractivity contribution in [2.24, 2.45) is 11.8 Å². The smallest absolute Gasteiger partial charge is 0.310 e. The van der Waals surface area contributed by atoms with Gasteiger partial charge in [-0.25, -0.2) is 0 Å². The molecule has 2 aliphatic rings. The zero-order valence-electron chi connectivity index (χ0n) is 12.8. The van der Waals surface area contributed by atoms with E-state index in [2.05, 4.69) is 5.32 Å². The fourth-order valence-electron chi connectivity index (χ4n) is 3.26. The van der Waals surface area contributed by atoms with Crippen LogP contribution in [0.2, 0.25) is 0 Å². The number of amides is 1. The first kappa shape index (κ1) is 15.6. The Kier molecular flexibility index (Phi) is 4.34. The van der Waals surface area contributed by atoms with Crippen LogP contribution in [0, 0.1) is 11.8 Å². The van der Waals surface area contributed by atoms with Gasteiger partial charge in [-0.3, -0.25) is 9.59 Å². The van der Waals surface area contributed by atoms with Gasteiger partial charge in [-0.05, 0) is 18.1 Å². The first-order valence-corrected chi connectivity index (χ1v) is 7.58. The quantitative estimate of drug-likeness (QED) is 0.765. The second-order valence-electron chi connectivity index (χ2n) is 5.69. The Morgan fingerprint density at radius 2 is 1.91 bits per heavy atom. The van der Waals surface area contributed by atoms with E-state index < -0.39 is 30.0 Å². The average Bonchev–Trinajstić information content (AvgIpc) is 3.16. The number of ether oxygens (including phenoxy) is 2. The fraction of sp³-hybridized carbons (Fsp3) is 0.412. The van der Waals surface area contributed by atoms with Gasteiger partial charge in [0.05, 0.1) is 25.2 Å². The van der Waals surface area contributed by atoms with Crippen LogP contribution < -0.4 is 10.1 Å². The summed E-state index contributed by atoms with van der Waals surface area (Å²) in [5.41, 5.74) is 0.995. The first-order chi connectivity index (χ1) is 11.1. The largest absolute Gasteiger partial charge is 0.496 e. The topological polar surface area (TPSA) is 84.9 Å². The molecule has 1 saturated heterocycles. The van der Waals surface area contributed by atoms with Gasteiger partial charge < -0.3 is 19.9 Å². The Bertz CT molecular complexity index is 642. The van der Waals surface area contributed by atoms with E-state index in [4.69, 9.17) is 9.47 Å². The summed E-state index contributed by atoms with van der Waals surface area (Å²) in [6.07, 6.45) is 3.18. The number of benzene rings is 1. The fourth-order valence-corrected chi connectivity index (χ4v) is 3.26. The maximum atomic E-state index is 12.4. The third-order valence-corrected chi connectivity index (χ3v) is 4.37. The van der Waals surface area contributed by atoms with Gasteiger partial charge in [-0.2, -0.15) is 0 Å². The predicted octanol–water partition coefficient (Wildman–Crippen LogP) is 1.01. The molecule has 0 saturated carbocycles. The normalized spacial score (nSPS) is 27.9. The minimum atomic E-state index is -0.994. The van der Waals surface area contributed by atoms with Gasteiger partial charge in [-0.15, -0.1) is 0 Å². The number of methoxy groups -OCH3 is 1. The van der Waals surface area contributed by atoms with Crippen molar-refractivity contribution in [3.8, 4) is 5.75 Å². The Balaban J connectivity index is 1.59. The molecule has 1 aromatic rings. The number of carbonyl (C=O) groups excluding carboxylic acids is 1. The lowest BCUT2D eigenvalue weighted by atomic mass is 9.82. The van der Waals surface area contributed by atoms with E-state index in [0.717, 1.165) is 11.3 Å². The molecule has 6 nitrogen and oxygen atoms in total. The lowest BCUT2D eigenvalue weighted by molar-refractivity contribution is -0.146. The lowest BCUT2D eigenvalue weighted by Gasteiger charge is -2.21. The number of hydrogen-bond acceptors (Lipinski definition) is 4. The zero-order chi connectivity index (χ0) is 16.4. The molecule has 122 valence electrons. The Morgan fingerprint density at radius 3 is 2.61 bits per heavy atom. The molecule has 0 aliphatic carbocycles. The van der Waals surface area contributed by atoms with Crippen LogP contribution in [-0.4, -0.2) is 42.8 Å². The van der Waals surface area contributed by atoms with E-state index in [9.17, 15) is 14.7 Å². The van der Waals surface area contributed by atoms with Gasteiger partial charge in [0.2, 0.25) is 5.91 Å². The third kappa shape index (κ3) is 2.94. The Morgan fingerprint density at radius 1 is 1.22 bits per heavy atom. The highest BCUT2D eigenvalue weighted by Gasteiger charge is 2.53. The van der Waals surface area contributed by atoms with Gasteiger partial charge in [0, 0.05) is 6.54 Å². The van der Waals surface area contributed by atoms with Crippen LogP contribution >= 0.6 is 0 Å². The number of rotatable bonds is 6. The van der Waals surface area contributed by atoms with Crippen LogP contribution in [0.5, 0.6) is 5.75 Å². The molecular weight excluding hydrogens is 298 g/mol. The highest BCUT2D eigenvalue weighted by atomic mass is 16.5. The van der Waals surface area contributed by atoms with E-state index >= 15 is 0 Å². The van der Waals surface area contributed by atoms with Crippen LogP contribution in [0.1, 0.15) is 5.56 Å². The summed E-state index contributed by atoms with van der Waals surface area (Å²) in [4.78, 5) is 23.7. The van der Waals surface area contributed by atoms with E-state index in [0.29, 0.717) is 13.0 Å². The number of nitrogens with one attached hydrogen (secondary N) is 1. The van der Waals surface area contributed by atoms with Crippen molar-refractivity contribution in [2.45, 2.75) is 18.6 Å². The molecule has 0 aromatic heterocycles. The average molecular weight is 317 g/mol. The van der Waals surface area contributed by atoms with Crippen LogP contribution in [0.15, 0.2) is 36.4 Å². The van der Waals surface area contributed by atoms with Crippen molar-refractivity contribution in [3.63, 3.8) is 0 Å². The summed E-state index contributed by atoms with van der Waals surface area (Å²) in [5.74, 6) is -1.97. The molecule has 1 fully saturated rings. The standard InChI is InChI=1S/C17H19NO5/c1-22-11-5-3-2-4-10(11)8-9-18-16(19)14-12-6-7-13(23-12)15(14)17(20)21/h2-7,12-15H,8-9H2,1H3,(H,18,19)(H,20,21)/t12-,13+,14+,15+/m1/s1. The van der Waals surface area contributed by atoms with Gasteiger partial charge >= 0.3 is 5.97 Å². The van der Waals surface area contributed by atoms with Crippen molar-refractivity contribution in [1.82, 2.24) is 5.32 Å². The summed E-state index contributed by atoms with van der Waals surface area (Å²) >= 11 is 0.